The van der Waals surface area contributed by atoms with E-state index in [2.05, 4.69) is 5.10 Å². The van der Waals surface area contributed by atoms with Gasteiger partial charge in [-0.05, 0) is 38.1 Å². The number of aromatic nitrogens is 2. The Morgan fingerprint density at radius 1 is 1.24 bits per heavy atom. The van der Waals surface area contributed by atoms with E-state index in [9.17, 15) is 15.2 Å². The van der Waals surface area contributed by atoms with Crippen molar-refractivity contribution in [3.63, 3.8) is 0 Å². The fraction of sp³-hybridized carbons (Fsp3) is 0.238. The number of hydrogen-bond donors (Lipinski definition) is 1. The van der Waals surface area contributed by atoms with Crippen molar-refractivity contribution >= 4 is 17.1 Å². The molecule has 0 saturated carbocycles. The van der Waals surface area contributed by atoms with E-state index in [0.29, 0.717) is 6.42 Å². The van der Waals surface area contributed by atoms with E-state index >= 15 is 0 Å². The molecule has 0 saturated heterocycles. The van der Waals surface area contributed by atoms with Crippen LogP contribution < -0.4 is 5.01 Å². The number of hydrazone groups is 1. The molecule has 0 radical (unpaired) electrons. The van der Waals surface area contributed by atoms with Crippen LogP contribution in [0.25, 0.3) is 0 Å². The topological polar surface area (TPSA) is 96.8 Å². The number of nitro benzene ring substituents is 1. The summed E-state index contributed by atoms with van der Waals surface area (Å²) in [7, 11) is 0. The fourth-order valence-electron chi connectivity index (χ4n) is 3.60. The molecule has 0 amide bonds. The van der Waals surface area contributed by atoms with Gasteiger partial charge in [0.15, 0.2) is 0 Å². The molecule has 8 heteroatoms. The van der Waals surface area contributed by atoms with Crippen LogP contribution >= 0.6 is 0 Å². The minimum absolute atomic E-state index is 0.0386. The van der Waals surface area contributed by atoms with E-state index in [1.165, 1.54) is 12.1 Å². The zero-order valence-electron chi connectivity index (χ0n) is 16.2. The maximum atomic E-state index is 11.0. The SMILES string of the molecule is CCn1cc([C@@H]2CC(c3cccc(O)c3)=NN2c2ccc([N+](=O)[O-])cc2)c(C)n1. The van der Waals surface area contributed by atoms with Crippen LogP contribution in [0.4, 0.5) is 11.4 Å². The molecule has 2 heterocycles. The van der Waals surface area contributed by atoms with Crippen LogP contribution in [0.1, 0.15) is 36.2 Å². The van der Waals surface area contributed by atoms with Crippen LogP contribution in [0.15, 0.2) is 59.8 Å². The van der Waals surface area contributed by atoms with Crippen molar-refractivity contribution in [3.8, 4) is 5.75 Å². The van der Waals surface area contributed by atoms with Gasteiger partial charge in [0.05, 0.1) is 28.1 Å². The Kier molecular flexibility index (Phi) is 4.75. The summed E-state index contributed by atoms with van der Waals surface area (Å²) < 4.78 is 1.89. The number of non-ortho nitro benzene ring substituents is 1. The number of phenolic OH excluding ortho intramolecular Hbond substituents is 1. The van der Waals surface area contributed by atoms with Crippen LogP contribution in [-0.2, 0) is 6.54 Å². The van der Waals surface area contributed by atoms with Gasteiger partial charge in [-0.3, -0.25) is 19.8 Å². The summed E-state index contributed by atoms with van der Waals surface area (Å²) in [6.45, 7) is 4.78. The molecule has 0 unspecified atom stereocenters. The molecule has 0 aliphatic carbocycles. The summed E-state index contributed by atoms with van der Waals surface area (Å²) in [6, 6.07) is 13.3. The molecule has 0 fully saturated rings. The summed E-state index contributed by atoms with van der Waals surface area (Å²) >= 11 is 0. The molecule has 0 bridgehead atoms. The predicted molar refractivity (Wildman–Crippen MR) is 110 cm³/mol. The van der Waals surface area contributed by atoms with Gasteiger partial charge in [0.2, 0.25) is 0 Å². The maximum Gasteiger partial charge on any atom is 0.269 e. The molecule has 1 N–H and O–H groups in total. The van der Waals surface area contributed by atoms with Crippen LogP contribution in [0.5, 0.6) is 5.75 Å². The number of aromatic hydroxyl groups is 1. The number of rotatable bonds is 5. The minimum Gasteiger partial charge on any atom is -0.508 e. The van der Waals surface area contributed by atoms with Crippen LogP contribution in [0.2, 0.25) is 0 Å². The van der Waals surface area contributed by atoms with Gasteiger partial charge in [-0.15, -0.1) is 0 Å². The molecule has 8 nitrogen and oxygen atoms in total. The molecule has 148 valence electrons. The van der Waals surface area contributed by atoms with Crippen molar-refractivity contribution in [2.75, 3.05) is 5.01 Å². The lowest BCUT2D eigenvalue weighted by Crippen LogP contribution is -2.18. The van der Waals surface area contributed by atoms with Crippen LogP contribution in [0, 0.1) is 17.0 Å². The van der Waals surface area contributed by atoms with E-state index in [0.717, 1.165) is 34.8 Å². The van der Waals surface area contributed by atoms with Gasteiger partial charge in [0.25, 0.3) is 5.69 Å². The lowest BCUT2D eigenvalue weighted by atomic mass is 9.98. The number of nitrogens with zero attached hydrogens (tertiary/aromatic N) is 5. The van der Waals surface area contributed by atoms with Gasteiger partial charge in [0.1, 0.15) is 5.75 Å². The molecule has 1 atom stereocenters. The first-order valence-electron chi connectivity index (χ1n) is 9.40. The van der Waals surface area contributed by atoms with Crippen LogP contribution in [-0.4, -0.2) is 25.5 Å². The van der Waals surface area contributed by atoms with Gasteiger partial charge in [-0.2, -0.15) is 10.2 Å². The molecule has 1 aliphatic rings. The Morgan fingerprint density at radius 3 is 2.62 bits per heavy atom. The van der Waals surface area contributed by atoms with Crippen molar-refractivity contribution in [1.82, 2.24) is 9.78 Å². The number of nitro groups is 1. The third-order valence-corrected chi connectivity index (χ3v) is 5.08. The molecule has 0 spiro atoms. The highest BCUT2D eigenvalue weighted by molar-refractivity contribution is 6.03. The molecular formula is C21H21N5O3. The second-order valence-electron chi connectivity index (χ2n) is 6.96. The normalized spacial score (nSPS) is 16.1. The third kappa shape index (κ3) is 3.56. The third-order valence-electron chi connectivity index (χ3n) is 5.08. The van der Waals surface area contributed by atoms with Crippen molar-refractivity contribution < 1.29 is 10.0 Å². The number of hydrogen-bond acceptors (Lipinski definition) is 6. The zero-order valence-corrected chi connectivity index (χ0v) is 16.2. The lowest BCUT2D eigenvalue weighted by molar-refractivity contribution is -0.384. The highest BCUT2D eigenvalue weighted by atomic mass is 16.6. The first kappa shape index (κ1) is 18.7. The van der Waals surface area contributed by atoms with Gasteiger partial charge in [-0.25, -0.2) is 0 Å². The van der Waals surface area contributed by atoms with Gasteiger partial charge >= 0.3 is 0 Å². The average Bonchev–Trinajstić information content (AvgIpc) is 3.31. The van der Waals surface area contributed by atoms with E-state index in [1.54, 1.807) is 30.3 Å². The number of phenols is 1. The zero-order chi connectivity index (χ0) is 20.5. The standard InChI is InChI=1S/C21H21N5O3/c1-3-24-13-19(14(2)22-24)21-12-20(15-5-4-6-18(27)11-15)23-25(21)16-7-9-17(10-8-16)26(28)29/h4-11,13,21,27H,3,12H2,1-2H3/t21-/m0/s1. The highest BCUT2D eigenvalue weighted by Crippen LogP contribution is 2.38. The Labute approximate surface area is 167 Å². The van der Waals surface area contributed by atoms with E-state index in [-0.39, 0.29) is 17.5 Å². The van der Waals surface area contributed by atoms with Gasteiger partial charge in [-0.1, -0.05) is 12.1 Å². The molecule has 3 aromatic rings. The van der Waals surface area contributed by atoms with E-state index in [4.69, 9.17) is 5.10 Å². The lowest BCUT2D eigenvalue weighted by Gasteiger charge is -2.23. The highest BCUT2D eigenvalue weighted by Gasteiger charge is 2.32. The van der Waals surface area contributed by atoms with Crippen molar-refractivity contribution in [2.24, 2.45) is 5.10 Å². The van der Waals surface area contributed by atoms with Crippen molar-refractivity contribution in [3.05, 3.63) is 81.7 Å². The van der Waals surface area contributed by atoms with Gasteiger partial charge in [0, 0.05) is 42.4 Å². The van der Waals surface area contributed by atoms with Crippen molar-refractivity contribution in [2.45, 2.75) is 32.9 Å². The average molecular weight is 391 g/mol. The van der Waals surface area contributed by atoms with Gasteiger partial charge < -0.3 is 5.11 Å². The van der Waals surface area contributed by atoms with E-state index in [1.807, 2.05) is 35.8 Å². The summed E-state index contributed by atoms with van der Waals surface area (Å²) in [5.74, 6) is 0.186. The Bertz CT molecular complexity index is 1090. The number of aryl methyl sites for hydroxylation is 2. The number of anilines is 1. The maximum absolute atomic E-state index is 11.0. The minimum atomic E-state index is -0.415. The summed E-state index contributed by atoms with van der Waals surface area (Å²) in [4.78, 5) is 10.6. The smallest absolute Gasteiger partial charge is 0.269 e. The summed E-state index contributed by atoms with van der Waals surface area (Å²) in [6.07, 6.45) is 2.66. The first-order chi connectivity index (χ1) is 14.0. The molecule has 1 aromatic heterocycles. The predicted octanol–water partition coefficient (Wildman–Crippen LogP) is 4.18. The summed E-state index contributed by atoms with van der Waals surface area (Å²) in [5, 5.41) is 32.1. The molecule has 4 rings (SSSR count). The molecule has 2 aromatic carbocycles. The fourth-order valence-corrected chi connectivity index (χ4v) is 3.60. The number of benzene rings is 2. The summed E-state index contributed by atoms with van der Waals surface area (Å²) in [5.41, 5.74) is 4.48. The Hall–Kier alpha value is -3.68. The van der Waals surface area contributed by atoms with Crippen LogP contribution in [0.3, 0.4) is 0 Å². The van der Waals surface area contributed by atoms with Crippen molar-refractivity contribution in [1.29, 1.82) is 0 Å². The first-order valence-corrected chi connectivity index (χ1v) is 9.40. The monoisotopic (exact) mass is 391 g/mol. The van der Waals surface area contributed by atoms with E-state index < -0.39 is 4.92 Å². The quantitative estimate of drug-likeness (QED) is 0.520. The second kappa shape index (κ2) is 7.38. The Balaban J connectivity index is 1.76. The second-order valence-corrected chi connectivity index (χ2v) is 6.96. The molecule has 29 heavy (non-hydrogen) atoms. The molecule has 1 aliphatic heterocycles. The molecular weight excluding hydrogens is 370 g/mol. The largest absolute Gasteiger partial charge is 0.508 e. The Morgan fingerprint density at radius 2 is 2.00 bits per heavy atom.